The molecule has 35 heavy (non-hydrogen) atoms. The average Bonchev–Trinajstić information content (AvgIpc) is 2.86. The van der Waals surface area contributed by atoms with Crippen molar-refractivity contribution >= 4 is 24.0 Å². The molecule has 10 nitrogen and oxygen atoms in total. The zero-order valence-electron chi connectivity index (χ0n) is 19.9. The van der Waals surface area contributed by atoms with Gasteiger partial charge >= 0.3 is 24.0 Å². The first-order valence-corrected chi connectivity index (χ1v) is 11.0. The summed E-state index contributed by atoms with van der Waals surface area (Å²) in [5.74, 6) is -1.82. The Bertz CT molecular complexity index is 1010. The van der Waals surface area contributed by atoms with Crippen LogP contribution in [0.25, 0.3) is 0 Å². The summed E-state index contributed by atoms with van der Waals surface area (Å²) in [7, 11) is 1.18. The number of hydrogen-bond acceptors (Lipinski definition) is 9. The standard InChI is InChI=1S/C25H29NO9/c1-4-32-22(27)16-34-21-12-11-18(13-19(21)23(28)33-5-2)14-20(26-25(30)31-3)24(29)35-15-17-9-7-6-8-10-17/h6-13,20H,4-5,14-16H2,1-3H3,(H,26,30). The van der Waals surface area contributed by atoms with Crippen LogP contribution in [0.2, 0.25) is 0 Å². The predicted octanol–water partition coefficient (Wildman–Crippen LogP) is 2.82. The quantitative estimate of drug-likeness (QED) is 0.355. The highest BCUT2D eigenvalue weighted by atomic mass is 16.6. The van der Waals surface area contributed by atoms with Gasteiger partial charge in [-0.1, -0.05) is 36.4 Å². The number of methoxy groups -OCH3 is 1. The highest BCUT2D eigenvalue weighted by Gasteiger charge is 2.25. The highest BCUT2D eigenvalue weighted by molar-refractivity contribution is 5.93. The van der Waals surface area contributed by atoms with Gasteiger partial charge in [0.2, 0.25) is 0 Å². The summed E-state index contributed by atoms with van der Waals surface area (Å²) in [6.07, 6.45) is -0.820. The summed E-state index contributed by atoms with van der Waals surface area (Å²) in [5, 5.41) is 2.45. The minimum absolute atomic E-state index is 0.00666. The second kappa shape index (κ2) is 14.2. The van der Waals surface area contributed by atoms with E-state index in [0.717, 1.165) is 5.56 Å². The first-order valence-electron chi connectivity index (χ1n) is 11.0. The van der Waals surface area contributed by atoms with Crippen LogP contribution in [0.5, 0.6) is 5.75 Å². The van der Waals surface area contributed by atoms with E-state index in [9.17, 15) is 19.2 Å². The fraction of sp³-hybridized carbons (Fsp3) is 0.360. The summed E-state index contributed by atoms with van der Waals surface area (Å²) in [4.78, 5) is 48.7. The van der Waals surface area contributed by atoms with Crippen LogP contribution in [0.3, 0.4) is 0 Å². The number of nitrogens with one attached hydrogen (secondary N) is 1. The van der Waals surface area contributed by atoms with E-state index in [4.69, 9.17) is 18.9 Å². The number of benzene rings is 2. The number of ether oxygens (including phenoxy) is 5. The normalized spacial score (nSPS) is 11.1. The molecule has 1 N–H and O–H groups in total. The van der Waals surface area contributed by atoms with Gasteiger partial charge in [0.15, 0.2) is 6.61 Å². The van der Waals surface area contributed by atoms with E-state index in [1.54, 1.807) is 32.0 Å². The van der Waals surface area contributed by atoms with Crippen molar-refractivity contribution in [3.63, 3.8) is 0 Å². The van der Waals surface area contributed by atoms with Crippen molar-refractivity contribution in [2.24, 2.45) is 0 Å². The van der Waals surface area contributed by atoms with Gasteiger partial charge in [0.05, 0.1) is 20.3 Å². The molecule has 188 valence electrons. The fourth-order valence-corrected chi connectivity index (χ4v) is 3.00. The van der Waals surface area contributed by atoms with Gasteiger partial charge in [-0.05, 0) is 37.1 Å². The Morgan fingerprint density at radius 2 is 1.60 bits per heavy atom. The highest BCUT2D eigenvalue weighted by Crippen LogP contribution is 2.23. The summed E-state index contributed by atoms with van der Waals surface area (Å²) < 4.78 is 25.3. The van der Waals surface area contributed by atoms with Crippen molar-refractivity contribution in [2.75, 3.05) is 26.9 Å². The molecule has 0 aliphatic carbocycles. The van der Waals surface area contributed by atoms with E-state index in [0.29, 0.717) is 5.56 Å². The van der Waals surface area contributed by atoms with Crippen molar-refractivity contribution in [3.8, 4) is 5.75 Å². The molecule has 1 atom stereocenters. The zero-order chi connectivity index (χ0) is 25.6. The third-order valence-electron chi connectivity index (χ3n) is 4.62. The van der Waals surface area contributed by atoms with Crippen molar-refractivity contribution in [1.82, 2.24) is 5.32 Å². The van der Waals surface area contributed by atoms with E-state index < -0.39 is 36.6 Å². The number of amides is 1. The maximum Gasteiger partial charge on any atom is 0.407 e. The minimum Gasteiger partial charge on any atom is -0.481 e. The average molecular weight is 488 g/mol. The second-order valence-electron chi connectivity index (χ2n) is 7.13. The van der Waals surface area contributed by atoms with E-state index in [2.05, 4.69) is 10.1 Å². The summed E-state index contributed by atoms with van der Waals surface area (Å²) in [5.41, 5.74) is 1.35. The van der Waals surface area contributed by atoms with Crippen molar-refractivity contribution in [3.05, 3.63) is 65.2 Å². The first-order chi connectivity index (χ1) is 16.9. The van der Waals surface area contributed by atoms with E-state index >= 15 is 0 Å². The molecule has 0 fully saturated rings. The van der Waals surface area contributed by atoms with Gasteiger partial charge in [0.25, 0.3) is 0 Å². The minimum atomic E-state index is -1.09. The molecule has 0 aliphatic rings. The molecular weight excluding hydrogens is 458 g/mol. The van der Waals surface area contributed by atoms with Crippen molar-refractivity contribution < 1.29 is 42.9 Å². The first kappa shape index (κ1) is 27.2. The van der Waals surface area contributed by atoms with E-state index in [1.165, 1.54) is 19.2 Å². The molecule has 0 bridgehead atoms. The van der Waals surface area contributed by atoms with Crippen molar-refractivity contribution in [1.29, 1.82) is 0 Å². The van der Waals surface area contributed by atoms with Gasteiger partial charge in [-0.15, -0.1) is 0 Å². The van der Waals surface area contributed by atoms with Gasteiger partial charge in [-0.3, -0.25) is 0 Å². The molecule has 2 rings (SSSR count). The van der Waals surface area contributed by atoms with E-state index in [1.807, 2.05) is 18.2 Å². The van der Waals surface area contributed by atoms with Crippen molar-refractivity contribution in [2.45, 2.75) is 32.9 Å². The molecule has 1 amide bonds. The lowest BCUT2D eigenvalue weighted by molar-refractivity contribution is -0.147. The van der Waals surface area contributed by atoms with E-state index in [-0.39, 0.29) is 37.6 Å². The topological polar surface area (TPSA) is 126 Å². The molecule has 0 spiro atoms. The Morgan fingerprint density at radius 1 is 0.886 bits per heavy atom. The lowest BCUT2D eigenvalue weighted by atomic mass is 10.0. The number of carbonyl (C=O) groups excluding carboxylic acids is 4. The maximum atomic E-state index is 12.7. The summed E-state index contributed by atoms with van der Waals surface area (Å²) in [6, 6.07) is 12.5. The van der Waals surface area contributed by atoms with Gasteiger partial charge in [0, 0.05) is 6.42 Å². The Hall–Kier alpha value is -4.08. The lowest BCUT2D eigenvalue weighted by Crippen LogP contribution is -2.43. The second-order valence-corrected chi connectivity index (χ2v) is 7.13. The summed E-state index contributed by atoms with van der Waals surface area (Å²) >= 11 is 0. The molecule has 1 unspecified atom stereocenters. The molecular formula is C25H29NO9. The Labute approximate surface area is 203 Å². The molecule has 0 saturated carbocycles. The molecule has 2 aromatic rings. The molecule has 0 saturated heterocycles. The van der Waals surface area contributed by atoms with Crippen LogP contribution >= 0.6 is 0 Å². The van der Waals surface area contributed by atoms with Gasteiger partial charge < -0.3 is 29.0 Å². The monoisotopic (exact) mass is 487 g/mol. The number of alkyl carbamates (subject to hydrolysis) is 1. The number of rotatable bonds is 12. The van der Waals surface area contributed by atoms with Gasteiger partial charge in [-0.2, -0.15) is 0 Å². The maximum absolute atomic E-state index is 12.7. The fourth-order valence-electron chi connectivity index (χ4n) is 3.00. The zero-order valence-corrected chi connectivity index (χ0v) is 19.9. The smallest absolute Gasteiger partial charge is 0.407 e. The number of carbonyl (C=O) groups is 4. The van der Waals surface area contributed by atoms with Gasteiger partial charge in [0.1, 0.15) is 24.0 Å². The number of esters is 3. The molecule has 0 radical (unpaired) electrons. The molecule has 0 aliphatic heterocycles. The predicted molar refractivity (Wildman–Crippen MR) is 124 cm³/mol. The Morgan fingerprint density at radius 3 is 2.26 bits per heavy atom. The largest absolute Gasteiger partial charge is 0.481 e. The third-order valence-corrected chi connectivity index (χ3v) is 4.62. The van der Waals surface area contributed by atoms with Crippen LogP contribution in [0, 0.1) is 0 Å². The molecule has 10 heteroatoms. The summed E-state index contributed by atoms with van der Waals surface area (Å²) in [6.45, 7) is 3.27. The third kappa shape index (κ3) is 9.00. The lowest BCUT2D eigenvalue weighted by Gasteiger charge is -2.18. The Kier molecular flexibility index (Phi) is 11.1. The number of hydrogen-bond donors (Lipinski definition) is 1. The molecule has 0 aromatic heterocycles. The van der Waals surface area contributed by atoms with Crippen LogP contribution in [0.15, 0.2) is 48.5 Å². The van der Waals surface area contributed by atoms with Crippen LogP contribution in [-0.4, -0.2) is 57.0 Å². The molecule has 0 heterocycles. The van der Waals surface area contributed by atoms with Crippen LogP contribution in [0.1, 0.15) is 35.3 Å². The van der Waals surface area contributed by atoms with Crippen LogP contribution in [0.4, 0.5) is 4.79 Å². The SMILES string of the molecule is CCOC(=O)COc1ccc(CC(NC(=O)OC)C(=O)OCc2ccccc2)cc1C(=O)OCC. The Balaban J connectivity index is 2.21. The van der Waals surface area contributed by atoms with Crippen LogP contribution in [-0.2, 0) is 41.6 Å². The molecule has 2 aromatic carbocycles. The van der Waals surface area contributed by atoms with Gasteiger partial charge in [-0.25, -0.2) is 19.2 Å². The van der Waals surface area contributed by atoms with Crippen LogP contribution < -0.4 is 10.1 Å².